The highest BCUT2D eigenvalue weighted by atomic mass is 32.2. The number of hydrogen-bond acceptors (Lipinski definition) is 4. The van der Waals surface area contributed by atoms with Gasteiger partial charge in [-0.05, 0) is 29.9 Å². The summed E-state index contributed by atoms with van der Waals surface area (Å²) in [6.45, 7) is 6.39. The topological polar surface area (TPSA) is 44.8 Å². The maximum absolute atomic E-state index is 11.9. The Hall–Kier alpha value is -1.35. The average Bonchev–Trinajstić information content (AvgIpc) is 2.54. The lowest BCUT2D eigenvalue weighted by Gasteiger charge is -2.21. The van der Waals surface area contributed by atoms with Gasteiger partial charge in [-0.25, -0.2) is 0 Å². The summed E-state index contributed by atoms with van der Waals surface area (Å²) in [5.41, 5.74) is 2.00. The molecule has 1 atom stereocenters. The van der Waals surface area contributed by atoms with Gasteiger partial charge in [-0.3, -0.25) is 4.18 Å². The number of hydrogen-bond donors (Lipinski definition) is 0. The van der Waals surface area contributed by atoms with Gasteiger partial charge in [0.25, 0.3) is 0 Å². The minimum Gasteiger partial charge on any atom is -0.321 e. The van der Waals surface area contributed by atoms with Crippen LogP contribution < -0.4 is 4.89 Å². The van der Waals surface area contributed by atoms with Crippen molar-refractivity contribution in [3.63, 3.8) is 0 Å². The fourth-order valence-corrected chi connectivity index (χ4v) is 3.30. The number of benzene rings is 1. The maximum atomic E-state index is 11.9. The summed E-state index contributed by atoms with van der Waals surface area (Å²) in [6.07, 6.45) is 11.1. The van der Waals surface area contributed by atoms with Gasteiger partial charge in [0.1, 0.15) is 0 Å². The maximum Gasteiger partial charge on any atom is 0.343 e. The number of rotatable bonds is 6. The van der Waals surface area contributed by atoms with Crippen LogP contribution in [0.3, 0.4) is 0 Å². The van der Waals surface area contributed by atoms with Crippen molar-refractivity contribution >= 4 is 11.4 Å². The molecule has 0 amide bonds. The molecule has 1 unspecified atom stereocenters. The van der Waals surface area contributed by atoms with E-state index >= 15 is 0 Å². The van der Waals surface area contributed by atoms with Crippen molar-refractivity contribution in [1.82, 2.24) is 0 Å². The van der Waals surface area contributed by atoms with Crippen molar-refractivity contribution in [3.8, 4) is 18.1 Å². The predicted octanol–water partition coefficient (Wildman–Crippen LogP) is 4.40. The van der Waals surface area contributed by atoms with Crippen LogP contribution in [0.4, 0.5) is 0 Å². The van der Waals surface area contributed by atoms with Gasteiger partial charge in [-0.15, -0.1) is 12.3 Å². The molecule has 1 saturated carbocycles. The van der Waals surface area contributed by atoms with Crippen LogP contribution in [-0.2, 0) is 31.7 Å². The van der Waals surface area contributed by atoms with Gasteiger partial charge in [0.2, 0.25) is 0 Å². The second kappa shape index (κ2) is 8.66. The van der Waals surface area contributed by atoms with E-state index < -0.39 is 11.4 Å². The zero-order valence-corrected chi connectivity index (χ0v) is 15.5. The fraction of sp³-hybridized carbons (Fsp3) is 0.579. The van der Waals surface area contributed by atoms with E-state index in [4.69, 9.17) is 19.8 Å². The summed E-state index contributed by atoms with van der Waals surface area (Å²) in [6, 6.07) is 5.76. The Kier molecular flexibility index (Phi) is 6.85. The second-order valence-corrected chi connectivity index (χ2v) is 7.90. The highest BCUT2D eigenvalue weighted by Crippen LogP contribution is 2.29. The Morgan fingerprint density at radius 1 is 1.25 bits per heavy atom. The quantitative estimate of drug-likeness (QED) is 0.433. The molecule has 132 valence electrons. The molecule has 0 aliphatic heterocycles. The first-order valence-corrected chi connectivity index (χ1v) is 9.41. The zero-order chi connectivity index (χ0) is 17.6. The lowest BCUT2D eigenvalue weighted by molar-refractivity contribution is -0.101. The Bertz CT molecular complexity index is 607. The molecule has 1 aliphatic carbocycles. The first-order valence-electron chi connectivity index (χ1n) is 8.41. The van der Waals surface area contributed by atoms with Crippen LogP contribution >= 0.6 is 0 Å². The van der Waals surface area contributed by atoms with Crippen LogP contribution in [0.25, 0.3) is 0 Å². The molecule has 1 aliphatic rings. The Labute approximate surface area is 147 Å². The molecule has 0 radical (unpaired) electrons. The second-order valence-electron chi connectivity index (χ2n) is 7.17. The van der Waals surface area contributed by atoms with E-state index in [-0.39, 0.29) is 11.5 Å². The van der Waals surface area contributed by atoms with Crippen LogP contribution in [0.15, 0.2) is 18.2 Å². The molecule has 24 heavy (non-hydrogen) atoms. The smallest absolute Gasteiger partial charge is 0.321 e. The molecule has 5 heteroatoms. The summed E-state index contributed by atoms with van der Waals surface area (Å²) in [5.74, 6) is 3.09. The Morgan fingerprint density at radius 3 is 2.58 bits per heavy atom. The van der Waals surface area contributed by atoms with Crippen LogP contribution in [-0.4, -0.2) is 10.3 Å². The third-order valence-corrected chi connectivity index (χ3v) is 4.77. The molecule has 0 spiro atoms. The van der Waals surface area contributed by atoms with E-state index in [2.05, 4.69) is 26.7 Å². The van der Waals surface area contributed by atoms with Crippen LogP contribution in [0, 0.1) is 12.3 Å². The lowest BCUT2D eigenvalue weighted by atomic mass is 9.86. The van der Waals surface area contributed by atoms with Gasteiger partial charge in [0, 0.05) is 12.0 Å². The van der Waals surface area contributed by atoms with Crippen molar-refractivity contribution in [2.24, 2.45) is 0 Å². The van der Waals surface area contributed by atoms with E-state index in [1.54, 1.807) is 6.07 Å². The highest BCUT2D eigenvalue weighted by Gasteiger charge is 2.20. The van der Waals surface area contributed by atoms with Crippen molar-refractivity contribution in [3.05, 3.63) is 29.3 Å². The molecule has 0 N–H and O–H groups in total. The molecular formula is C19H26O4S. The minimum atomic E-state index is -1.93. The predicted molar refractivity (Wildman–Crippen MR) is 95.5 cm³/mol. The highest BCUT2D eigenvalue weighted by molar-refractivity contribution is 7.75. The largest absolute Gasteiger partial charge is 0.343 e. The molecule has 0 heterocycles. The zero-order valence-electron chi connectivity index (χ0n) is 14.7. The van der Waals surface area contributed by atoms with E-state index in [0.29, 0.717) is 12.2 Å². The molecule has 1 aromatic rings. The third-order valence-electron chi connectivity index (χ3n) is 4.17. The van der Waals surface area contributed by atoms with Crippen molar-refractivity contribution in [1.29, 1.82) is 0 Å². The van der Waals surface area contributed by atoms with Gasteiger partial charge < -0.3 is 4.89 Å². The van der Waals surface area contributed by atoms with Gasteiger partial charge in [0.05, 0.1) is 6.10 Å². The monoisotopic (exact) mass is 350 g/mol. The molecule has 4 nitrogen and oxygen atoms in total. The van der Waals surface area contributed by atoms with Gasteiger partial charge in [-0.2, -0.15) is 4.21 Å². The summed E-state index contributed by atoms with van der Waals surface area (Å²) in [5, 5.41) is 0. The summed E-state index contributed by atoms with van der Waals surface area (Å²) < 4.78 is 22.2. The Morgan fingerprint density at radius 2 is 1.96 bits per heavy atom. The normalized spacial score (nSPS) is 17.2. The van der Waals surface area contributed by atoms with Crippen molar-refractivity contribution < 1.29 is 17.6 Å². The van der Waals surface area contributed by atoms with Crippen LogP contribution in [0.2, 0.25) is 0 Å². The van der Waals surface area contributed by atoms with Crippen LogP contribution in [0.5, 0.6) is 5.75 Å². The van der Waals surface area contributed by atoms with E-state index in [1.807, 2.05) is 12.1 Å². The van der Waals surface area contributed by atoms with E-state index in [1.165, 1.54) is 6.42 Å². The van der Waals surface area contributed by atoms with Gasteiger partial charge in [0.15, 0.2) is 5.75 Å². The molecule has 0 bridgehead atoms. The summed E-state index contributed by atoms with van der Waals surface area (Å²) >= 11 is -1.93. The number of terminal acetylenes is 1. The van der Waals surface area contributed by atoms with Gasteiger partial charge in [-0.1, -0.05) is 56.5 Å². The molecule has 1 fully saturated rings. The minimum absolute atomic E-state index is 0.00957. The van der Waals surface area contributed by atoms with E-state index in [0.717, 1.165) is 36.8 Å². The van der Waals surface area contributed by atoms with Gasteiger partial charge >= 0.3 is 11.4 Å². The molecule has 1 aromatic carbocycles. The van der Waals surface area contributed by atoms with Crippen molar-refractivity contribution in [2.45, 2.75) is 70.8 Å². The van der Waals surface area contributed by atoms with Crippen LogP contribution in [0.1, 0.15) is 64.0 Å². The summed E-state index contributed by atoms with van der Waals surface area (Å²) in [7, 11) is 0. The van der Waals surface area contributed by atoms with Crippen molar-refractivity contribution in [2.75, 3.05) is 0 Å². The average molecular weight is 350 g/mol. The van der Waals surface area contributed by atoms with E-state index in [9.17, 15) is 4.21 Å². The third kappa shape index (κ3) is 5.62. The lowest BCUT2D eigenvalue weighted by Crippen LogP contribution is -2.19. The molecule has 0 saturated heterocycles. The molecule has 2 rings (SSSR count). The summed E-state index contributed by atoms with van der Waals surface area (Å²) in [4.78, 5) is 5.24. The first-order chi connectivity index (χ1) is 11.4. The molecule has 0 aromatic heterocycles. The Balaban J connectivity index is 1.98. The molecular weight excluding hydrogens is 324 g/mol. The first kappa shape index (κ1) is 19.0. The fourth-order valence-electron chi connectivity index (χ4n) is 2.73. The standard InChI is InChI=1S/C19H26O4S/c1-5-9-15-14-16(19(2,3)4)12-13-18(15)21-23-24(20)22-17-10-7-6-8-11-17/h1,12-14,17H,6-11H2,2-4H3. The SMILES string of the molecule is C#CCc1cc(C(C)(C)C)ccc1OOS(=O)OC1CCCCC1.